The lowest BCUT2D eigenvalue weighted by molar-refractivity contribution is -0.137. The number of nitrogens with zero attached hydrogens (tertiary/aromatic N) is 1. The van der Waals surface area contributed by atoms with Crippen LogP contribution in [0.1, 0.15) is 23.7 Å². The summed E-state index contributed by atoms with van der Waals surface area (Å²) in [5.41, 5.74) is -0.438. The average molecular weight is 259 g/mol. The molecule has 0 bridgehead atoms. The Balaban J connectivity index is 2.11. The van der Waals surface area contributed by atoms with Crippen LogP contribution in [0.25, 0.3) is 0 Å². The van der Waals surface area contributed by atoms with Crippen molar-refractivity contribution in [2.45, 2.75) is 18.7 Å². The molecule has 1 aromatic rings. The van der Waals surface area contributed by atoms with Crippen molar-refractivity contribution < 1.29 is 27.9 Å². The fraction of sp³-hybridized carbons (Fsp3) is 0.273. The van der Waals surface area contributed by atoms with Gasteiger partial charge in [0.05, 0.1) is 5.56 Å². The number of carboxylic acid groups (broad SMARTS) is 1. The maximum Gasteiger partial charge on any atom is 0.416 e. The molecule has 1 unspecified atom stereocenters. The second-order valence-corrected chi connectivity index (χ2v) is 3.76. The summed E-state index contributed by atoms with van der Waals surface area (Å²) >= 11 is 0. The molecular formula is C11H8F3NO3. The first-order valence-electron chi connectivity index (χ1n) is 5.01. The largest absolute Gasteiger partial charge is 0.477 e. The summed E-state index contributed by atoms with van der Waals surface area (Å²) in [5, 5.41) is 12.0. The summed E-state index contributed by atoms with van der Waals surface area (Å²) in [7, 11) is 0. The smallest absolute Gasteiger partial charge is 0.416 e. The Bertz CT molecular complexity index is 493. The fourth-order valence-electron chi connectivity index (χ4n) is 1.57. The molecule has 0 radical (unpaired) electrons. The van der Waals surface area contributed by atoms with E-state index >= 15 is 0 Å². The van der Waals surface area contributed by atoms with Gasteiger partial charge in [-0.15, -0.1) is 0 Å². The molecular weight excluding hydrogens is 251 g/mol. The van der Waals surface area contributed by atoms with Gasteiger partial charge < -0.3 is 9.94 Å². The highest BCUT2D eigenvalue weighted by Gasteiger charge is 2.31. The van der Waals surface area contributed by atoms with Gasteiger partial charge >= 0.3 is 12.1 Å². The molecule has 4 nitrogen and oxygen atoms in total. The molecule has 1 aliphatic rings. The van der Waals surface area contributed by atoms with Gasteiger partial charge in [0.15, 0.2) is 11.8 Å². The number of rotatable bonds is 2. The molecule has 7 heteroatoms. The van der Waals surface area contributed by atoms with E-state index in [-0.39, 0.29) is 12.1 Å². The van der Waals surface area contributed by atoms with Crippen LogP contribution >= 0.6 is 0 Å². The zero-order valence-electron chi connectivity index (χ0n) is 8.94. The van der Waals surface area contributed by atoms with Gasteiger partial charge in [-0.25, -0.2) is 4.79 Å². The number of carboxylic acids is 1. The highest BCUT2D eigenvalue weighted by atomic mass is 19.4. The van der Waals surface area contributed by atoms with Gasteiger partial charge in [-0.3, -0.25) is 0 Å². The minimum atomic E-state index is -4.39. The third kappa shape index (κ3) is 2.44. The summed E-state index contributed by atoms with van der Waals surface area (Å²) in [6.07, 6.45) is -4.99. The predicted molar refractivity (Wildman–Crippen MR) is 55.0 cm³/mol. The molecule has 1 atom stereocenters. The number of oxime groups is 1. The van der Waals surface area contributed by atoms with Crippen molar-refractivity contribution in [3.05, 3.63) is 35.4 Å². The molecule has 2 rings (SSSR count). The van der Waals surface area contributed by atoms with Crippen LogP contribution in [0.5, 0.6) is 0 Å². The number of carbonyl (C=O) groups is 1. The predicted octanol–water partition coefficient (Wildman–Crippen LogP) is 2.61. The van der Waals surface area contributed by atoms with Gasteiger partial charge in [0.25, 0.3) is 0 Å². The molecule has 0 aromatic heterocycles. The Kier molecular flexibility index (Phi) is 2.98. The van der Waals surface area contributed by atoms with Gasteiger partial charge in [0, 0.05) is 6.42 Å². The van der Waals surface area contributed by atoms with E-state index in [0.717, 1.165) is 12.1 Å². The summed E-state index contributed by atoms with van der Waals surface area (Å²) in [5.74, 6) is -1.19. The lowest BCUT2D eigenvalue weighted by Gasteiger charge is -2.10. The van der Waals surface area contributed by atoms with Crippen molar-refractivity contribution in [1.29, 1.82) is 0 Å². The van der Waals surface area contributed by atoms with E-state index in [0.29, 0.717) is 5.56 Å². The van der Waals surface area contributed by atoms with Crippen LogP contribution in [-0.2, 0) is 15.8 Å². The summed E-state index contributed by atoms with van der Waals surface area (Å²) in [6.45, 7) is 0. The third-order valence-electron chi connectivity index (χ3n) is 2.53. The maximum atomic E-state index is 12.3. The molecule has 1 heterocycles. The Morgan fingerprint density at radius 2 is 1.94 bits per heavy atom. The van der Waals surface area contributed by atoms with Crippen LogP contribution < -0.4 is 0 Å². The Hall–Kier alpha value is -2.05. The van der Waals surface area contributed by atoms with E-state index in [1.807, 2.05) is 0 Å². The minimum Gasteiger partial charge on any atom is -0.477 e. The van der Waals surface area contributed by atoms with Crippen molar-refractivity contribution in [3.63, 3.8) is 0 Å². The number of hydrogen-bond donors (Lipinski definition) is 1. The molecule has 1 aliphatic heterocycles. The molecule has 18 heavy (non-hydrogen) atoms. The average Bonchev–Trinajstić information content (AvgIpc) is 2.77. The number of alkyl halides is 3. The van der Waals surface area contributed by atoms with Crippen LogP contribution in [0.15, 0.2) is 29.4 Å². The molecule has 0 fully saturated rings. The van der Waals surface area contributed by atoms with Gasteiger partial charge in [-0.2, -0.15) is 13.2 Å². The van der Waals surface area contributed by atoms with E-state index in [9.17, 15) is 18.0 Å². The van der Waals surface area contributed by atoms with E-state index in [1.165, 1.54) is 12.1 Å². The van der Waals surface area contributed by atoms with Crippen LogP contribution in [0, 0.1) is 0 Å². The van der Waals surface area contributed by atoms with Crippen molar-refractivity contribution in [3.8, 4) is 0 Å². The molecule has 1 aromatic carbocycles. The van der Waals surface area contributed by atoms with Crippen LogP contribution in [0.4, 0.5) is 13.2 Å². The molecule has 0 spiro atoms. The minimum absolute atomic E-state index is 0.0424. The fourth-order valence-corrected chi connectivity index (χ4v) is 1.57. The molecule has 1 N–H and O–H groups in total. The van der Waals surface area contributed by atoms with Crippen molar-refractivity contribution in [2.75, 3.05) is 0 Å². The van der Waals surface area contributed by atoms with Gasteiger partial charge in [-0.05, 0) is 17.7 Å². The first-order valence-corrected chi connectivity index (χ1v) is 5.01. The van der Waals surface area contributed by atoms with Gasteiger partial charge in [0.1, 0.15) is 0 Å². The second-order valence-electron chi connectivity index (χ2n) is 3.76. The van der Waals surface area contributed by atoms with Crippen LogP contribution in [0.2, 0.25) is 0 Å². The first-order chi connectivity index (χ1) is 8.38. The standard InChI is InChI=1S/C11H8F3NO3/c12-11(13,14)7-3-1-6(2-4-7)9-5-8(10(16)17)15-18-9/h1-4,9H,5H2,(H,16,17). The Morgan fingerprint density at radius 3 is 2.39 bits per heavy atom. The normalized spacial score (nSPS) is 19.3. The van der Waals surface area contributed by atoms with Crippen LogP contribution in [-0.4, -0.2) is 16.8 Å². The van der Waals surface area contributed by atoms with E-state index in [2.05, 4.69) is 5.16 Å². The second kappa shape index (κ2) is 4.32. The molecule has 0 saturated heterocycles. The van der Waals surface area contributed by atoms with E-state index in [1.54, 1.807) is 0 Å². The number of benzene rings is 1. The number of halogens is 3. The Labute approximate surface area is 99.7 Å². The molecule has 0 saturated carbocycles. The quantitative estimate of drug-likeness (QED) is 0.888. The van der Waals surface area contributed by atoms with Gasteiger partial charge in [0.2, 0.25) is 0 Å². The Morgan fingerprint density at radius 1 is 1.33 bits per heavy atom. The van der Waals surface area contributed by atoms with Crippen molar-refractivity contribution in [1.82, 2.24) is 0 Å². The van der Waals surface area contributed by atoms with Crippen LogP contribution in [0.3, 0.4) is 0 Å². The lowest BCUT2D eigenvalue weighted by atomic mass is 10.0. The molecule has 0 aliphatic carbocycles. The van der Waals surface area contributed by atoms with Crippen molar-refractivity contribution in [2.24, 2.45) is 5.16 Å². The maximum absolute atomic E-state index is 12.3. The first kappa shape index (κ1) is 12.4. The highest BCUT2D eigenvalue weighted by Crippen LogP contribution is 2.32. The number of hydrogen-bond acceptors (Lipinski definition) is 3. The highest BCUT2D eigenvalue weighted by molar-refractivity contribution is 6.35. The molecule has 0 amide bonds. The zero-order chi connectivity index (χ0) is 13.3. The van der Waals surface area contributed by atoms with Gasteiger partial charge in [-0.1, -0.05) is 17.3 Å². The summed E-state index contributed by atoms with van der Waals surface area (Å²) in [4.78, 5) is 15.5. The third-order valence-corrected chi connectivity index (χ3v) is 2.53. The summed E-state index contributed by atoms with van der Waals surface area (Å²) in [6, 6.07) is 4.37. The zero-order valence-corrected chi connectivity index (χ0v) is 8.94. The summed E-state index contributed by atoms with van der Waals surface area (Å²) < 4.78 is 37.0. The lowest BCUT2D eigenvalue weighted by Crippen LogP contribution is -2.11. The van der Waals surface area contributed by atoms with E-state index in [4.69, 9.17) is 9.94 Å². The number of aliphatic carboxylic acids is 1. The van der Waals surface area contributed by atoms with Crippen molar-refractivity contribution >= 4 is 11.7 Å². The van der Waals surface area contributed by atoms with E-state index < -0.39 is 23.8 Å². The SMILES string of the molecule is O=C(O)C1=NOC(c2ccc(C(F)(F)F)cc2)C1. The monoisotopic (exact) mass is 259 g/mol. The topological polar surface area (TPSA) is 58.9 Å². The molecule has 96 valence electrons.